The smallest absolute Gasteiger partial charge is 0.414 e. The maximum atomic E-state index is 13.1. The molecule has 0 fully saturated rings. The van der Waals surface area contributed by atoms with Gasteiger partial charge in [0.25, 0.3) is 0 Å². The van der Waals surface area contributed by atoms with Gasteiger partial charge in [-0.2, -0.15) is 0 Å². The van der Waals surface area contributed by atoms with Gasteiger partial charge in [-0.25, -0.2) is 9.59 Å². The quantitative estimate of drug-likeness (QED) is 0.270. The van der Waals surface area contributed by atoms with Gasteiger partial charge in [-0.15, -0.1) is 13.2 Å². The van der Waals surface area contributed by atoms with E-state index in [1.165, 1.54) is 9.80 Å². The summed E-state index contributed by atoms with van der Waals surface area (Å²) in [6, 6.07) is 5.53. The van der Waals surface area contributed by atoms with Crippen molar-refractivity contribution in [1.29, 1.82) is 0 Å². The Kier molecular flexibility index (Phi) is 9.71. The molecule has 1 aromatic carbocycles. The number of benzene rings is 1. The second-order valence-electron chi connectivity index (χ2n) is 6.75. The van der Waals surface area contributed by atoms with E-state index in [1.807, 2.05) is 0 Å². The first-order valence-corrected chi connectivity index (χ1v) is 11.5. The van der Waals surface area contributed by atoms with Crippen LogP contribution < -0.4 is 9.80 Å². The summed E-state index contributed by atoms with van der Waals surface area (Å²) in [4.78, 5) is 28.9. The SMILES string of the molecule is C=CCC1C(CC=C)N(C(=O)OCC(Cl)(Cl)Cl)c2ccccc2N1C(=O)OCC(Cl)(Cl)Cl. The molecule has 1 aliphatic heterocycles. The lowest BCUT2D eigenvalue weighted by Gasteiger charge is -2.46. The molecule has 32 heavy (non-hydrogen) atoms. The van der Waals surface area contributed by atoms with Crippen LogP contribution in [0, 0.1) is 0 Å². The summed E-state index contributed by atoms with van der Waals surface area (Å²) >= 11 is 34.4. The number of carbonyl (C=O) groups excluding carboxylic acids is 2. The molecule has 2 atom stereocenters. The van der Waals surface area contributed by atoms with Crippen LogP contribution in [0.5, 0.6) is 0 Å². The monoisotopic (exact) mass is 562 g/mol. The minimum atomic E-state index is -1.79. The molecular formula is C20H20Cl6N2O4. The van der Waals surface area contributed by atoms with Crippen LogP contribution in [0.25, 0.3) is 0 Å². The second-order valence-corrected chi connectivity index (χ2v) is 11.8. The summed E-state index contributed by atoms with van der Waals surface area (Å²) in [7, 11) is 0. The maximum absolute atomic E-state index is 13.1. The fourth-order valence-electron chi connectivity index (χ4n) is 3.33. The van der Waals surface area contributed by atoms with Gasteiger partial charge >= 0.3 is 12.2 Å². The van der Waals surface area contributed by atoms with Gasteiger partial charge in [0.2, 0.25) is 7.59 Å². The van der Waals surface area contributed by atoms with Crippen LogP contribution in [0.3, 0.4) is 0 Å². The lowest BCUT2D eigenvalue weighted by molar-refractivity contribution is 0.144. The van der Waals surface area contributed by atoms with Crippen molar-refractivity contribution in [2.45, 2.75) is 32.5 Å². The number of fused-ring (bicyclic) bond motifs is 1. The molecule has 12 heteroatoms. The summed E-state index contributed by atoms with van der Waals surface area (Å²) in [5, 5.41) is 0. The Morgan fingerprint density at radius 3 is 1.44 bits per heavy atom. The summed E-state index contributed by atoms with van der Waals surface area (Å²) in [5.41, 5.74) is 0.777. The number of hydrogen-bond donors (Lipinski definition) is 0. The third-order valence-electron chi connectivity index (χ3n) is 4.44. The lowest BCUT2D eigenvalue weighted by Crippen LogP contribution is -2.60. The second kappa shape index (κ2) is 11.4. The molecule has 6 nitrogen and oxygen atoms in total. The van der Waals surface area contributed by atoms with E-state index in [4.69, 9.17) is 79.1 Å². The molecule has 0 saturated heterocycles. The van der Waals surface area contributed by atoms with Crippen LogP contribution in [-0.2, 0) is 9.47 Å². The van der Waals surface area contributed by atoms with Crippen molar-refractivity contribution >= 4 is 93.2 Å². The first-order valence-electron chi connectivity index (χ1n) is 9.26. The number of nitrogens with zero attached hydrogens (tertiary/aromatic N) is 2. The fraction of sp³-hybridized carbons (Fsp3) is 0.400. The van der Waals surface area contributed by atoms with E-state index in [0.717, 1.165) is 0 Å². The largest absolute Gasteiger partial charge is 0.445 e. The number of anilines is 2. The number of amides is 2. The van der Waals surface area contributed by atoms with Gasteiger partial charge in [0.15, 0.2) is 0 Å². The molecule has 0 bridgehead atoms. The van der Waals surface area contributed by atoms with Crippen molar-refractivity contribution in [3.63, 3.8) is 0 Å². The molecule has 2 rings (SSSR count). The number of alkyl halides is 6. The summed E-state index contributed by atoms with van der Waals surface area (Å²) < 4.78 is 6.90. The number of para-hydroxylation sites is 2. The number of rotatable bonds is 6. The Morgan fingerprint density at radius 2 is 1.16 bits per heavy atom. The molecule has 0 N–H and O–H groups in total. The number of halogens is 6. The van der Waals surface area contributed by atoms with Crippen LogP contribution >= 0.6 is 69.6 Å². The molecule has 0 aliphatic carbocycles. The van der Waals surface area contributed by atoms with E-state index in [9.17, 15) is 9.59 Å². The fourth-order valence-corrected chi connectivity index (χ4v) is 3.66. The van der Waals surface area contributed by atoms with E-state index >= 15 is 0 Å². The molecule has 2 amide bonds. The molecule has 2 unspecified atom stereocenters. The summed E-state index contributed by atoms with van der Waals surface area (Å²) in [6.45, 7) is 6.61. The molecule has 176 valence electrons. The van der Waals surface area contributed by atoms with Crippen LogP contribution in [-0.4, -0.2) is 45.1 Å². The van der Waals surface area contributed by atoms with E-state index in [-0.39, 0.29) is 0 Å². The highest BCUT2D eigenvalue weighted by Crippen LogP contribution is 2.42. The first-order chi connectivity index (χ1) is 14.9. The van der Waals surface area contributed by atoms with Crippen LogP contribution in [0.2, 0.25) is 0 Å². The predicted octanol–water partition coefficient (Wildman–Crippen LogP) is 7.22. The standard InChI is InChI=1S/C20H20Cl6N2O4/c1-3-7-13-14(8-4-2)28(18(30)32-12-20(24,25)26)16-10-6-5-9-15(16)27(13)17(29)31-11-19(21,22)23/h3-6,9-10,13-14H,1-2,7-8,11-12H2. The van der Waals surface area contributed by atoms with E-state index in [2.05, 4.69) is 13.2 Å². The molecule has 1 aliphatic rings. The average Bonchev–Trinajstić information content (AvgIpc) is 2.70. The Hall–Kier alpha value is -1.02. The Balaban J connectivity index is 2.53. The van der Waals surface area contributed by atoms with Crippen molar-refractivity contribution in [2.75, 3.05) is 23.0 Å². The third kappa shape index (κ3) is 7.24. The molecule has 1 aromatic rings. The molecule has 0 aromatic heterocycles. The molecule has 0 radical (unpaired) electrons. The van der Waals surface area contributed by atoms with Crippen molar-refractivity contribution in [3.05, 3.63) is 49.6 Å². The zero-order chi connectivity index (χ0) is 24.1. The average molecular weight is 565 g/mol. The Labute approximate surface area is 216 Å². The highest BCUT2D eigenvalue weighted by molar-refractivity contribution is 6.68. The molecular weight excluding hydrogens is 545 g/mol. The highest BCUT2D eigenvalue weighted by atomic mass is 35.6. The molecule has 1 heterocycles. The van der Waals surface area contributed by atoms with E-state index in [0.29, 0.717) is 24.2 Å². The number of ether oxygens (including phenoxy) is 2. The number of hydrogen-bond acceptors (Lipinski definition) is 4. The lowest BCUT2D eigenvalue weighted by atomic mass is 9.93. The normalized spacial score (nSPS) is 18.6. The molecule has 0 spiro atoms. The van der Waals surface area contributed by atoms with Gasteiger partial charge < -0.3 is 9.47 Å². The van der Waals surface area contributed by atoms with Gasteiger partial charge in [0.05, 0.1) is 23.5 Å². The van der Waals surface area contributed by atoms with Crippen LogP contribution in [0.15, 0.2) is 49.6 Å². The summed E-state index contributed by atoms with van der Waals surface area (Å²) in [5.74, 6) is 0. The van der Waals surface area contributed by atoms with Gasteiger partial charge in [0.1, 0.15) is 13.2 Å². The summed E-state index contributed by atoms with van der Waals surface area (Å²) in [6.07, 6.45) is 2.36. The minimum Gasteiger partial charge on any atom is -0.445 e. The van der Waals surface area contributed by atoms with E-state index in [1.54, 1.807) is 36.4 Å². The van der Waals surface area contributed by atoms with Crippen molar-refractivity contribution < 1.29 is 19.1 Å². The number of carbonyl (C=O) groups is 2. The topological polar surface area (TPSA) is 59.1 Å². The third-order valence-corrected chi connectivity index (χ3v) is 5.09. The van der Waals surface area contributed by atoms with Crippen molar-refractivity contribution in [3.8, 4) is 0 Å². The van der Waals surface area contributed by atoms with Gasteiger partial charge in [-0.3, -0.25) is 9.80 Å². The zero-order valence-corrected chi connectivity index (χ0v) is 21.2. The molecule has 0 saturated carbocycles. The van der Waals surface area contributed by atoms with Gasteiger partial charge in [0, 0.05) is 0 Å². The first kappa shape index (κ1) is 27.2. The van der Waals surface area contributed by atoms with Crippen molar-refractivity contribution in [2.24, 2.45) is 0 Å². The van der Waals surface area contributed by atoms with E-state index < -0.39 is 45.1 Å². The van der Waals surface area contributed by atoms with Gasteiger partial charge in [-0.05, 0) is 25.0 Å². The Bertz CT molecular complexity index is 786. The Morgan fingerprint density at radius 1 is 0.812 bits per heavy atom. The minimum absolute atomic E-state index is 0.309. The van der Waals surface area contributed by atoms with Crippen LogP contribution in [0.1, 0.15) is 12.8 Å². The van der Waals surface area contributed by atoms with Crippen molar-refractivity contribution in [1.82, 2.24) is 0 Å². The predicted molar refractivity (Wildman–Crippen MR) is 132 cm³/mol. The van der Waals surface area contributed by atoms with Gasteiger partial charge in [-0.1, -0.05) is 93.9 Å². The zero-order valence-electron chi connectivity index (χ0n) is 16.7. The highest BCUT2D eigenvalue weighted by Gasteiger charge is 2.45. The van der Waals surface area contributed by atoms with Crippen LogP contribution in [0.4, 0.5) is 21.0 Å². The maximum Gasteiger partial charge on any atom is 0.414 e.